The molecule has 1 atom stereocenters. The largest absolute Gasteiger partial charge is 0.380 e. The average Bonchev–Trinajstić information content (AvgIpc) is 2.01. The lowest BCUT2D eigenvalue weighted by molar-refractivity contribution is 0.112. The van der Waals surface area contributed by atoms with E-state index >= 15 is 0 Å². The molecule has 0 aromatic rings. The zero-order valence-corrected chi connectivity index (χ0v) is 9.65. The van der Waals surface area contributed by atoms with Crippen molar-refractivity contribution in [1.82, 2.24) is 5.32 Å². The summed E-state index contributed by atoms with van der Waals surface area (Å²) in [6.45, 7) is 7.50. The van der Waals surface area contributed by atoms with Crippen molar-refractivity contribution in [2.45, 2.75) is 13.8 Å². The Morgan fingerprint density at radius 2 is 2.08 bits per heavy atom. The van der Waals surface area contributed by atoms with Gasteiger partial charge in [0.1, 0.15) is 0 Å². The quantitative estimate of drug-likeness (QED) is 0.593. The Morgan fingerprint density at radius 1 is 1.38 bits per heavy atom. The third kappa shape index (κ3) is 12.1. The van der Waals surface area contributed by atoms with Gasteiger partial charge in [0.25, 0.3) is 0 Å². The molecule has 0 saturated carbocycles. The van der Waals surface area contributed by atoms with Crippen LogP contribution < -0.4 is 5.32 Å². The summed E-state index contributed by atoms with van der Waals surface area (Å²) in [5.41, 5.74) is 0. The highest BCUT2D eigenvalue weighted by molar-refractivity contribution is 7.84. The van der Waals surface area contributed by atoms with Crippen molar-refractivity contribution in [1.29, 1.82) is 0 Å². The van der Waals surface area contributed by atoms with Crippen LogP contribution in [-0.4, -0.2) is 42.5 Å². The van der Waals surface area contributed by atoms with E-state index in [0.717, 1.165) is 32.1 Å². The van der Waals surface area contributed by atoms with Gasteiger partial charge in [-0.25, -0.2) is 0 Å². The van der Waals surface area contributed by atoms with Gasteiger partial charge in [0, 0.05) is 42.5 Å². The van der Waals surface area contributed by atoms with E-state index in [9.17, 15) is 4.21 Å². The second-order valence-corrected chi connectivity index (χ2v) is 5.05. The first-order chi connectivity index (χ1) is 6.13. The normalized spacial score (nSPS) is 13.5. The first-order valence-electron chi connectivity index (χ1n) is 4.71. The molecule has 0 radical (unpaired) electrons. The topological polar surface area (TPSA) is 38.3 Å². The number of hydrogen-bond acceptors (Lipinski definition) is 3. The molecule has 80 valence electrons. The summed E-state index contributed by atoms with van der Waals surface area (Å²) in [6.07, 6.45) is 1.72. The molecule has 13 heavy (non-hydrogen) atoms. The number of rotatable bonds is 8. The molecule has 0 bridgehead atoms. The molecule has 0 aliphatic rings. The Labute approximate surface area is 83.7 Å². The molecule has 0 spiro atoms. The molecule has 0 saturated heterocycles. The van der Waals surface area contributed by atoms with Crippen LogP contribution in [-0.2, 0) is 15.5 Å². The summed E-state index contributed by atoms with van der Waals surface area (Å²) in [4.78, 5) is 0. The zero-order chi connectivity index (χ0) is 10.1. The van der Waals surface area contributed by atoms with Crippen LogP contribution in [0.2, 0.25) is 0 Å². The van der Waals surface area contributed by atoms with Gasteiger partial charge in [-0.15, -0.1) is 0 Å². The highest BCUT2D eigenvalue weighted by atomic mass is 32.2. The molecule has 0 heterocycles. The zero-order valence-electron chi connectivity index (χ0n) is 8.84. The van der Waals surface area contributed by atoms with E-state index in [-0.39, 0.29) is 0 Å². The highest BCUT2D eigenvalue weighted by Crippen LogP contribution is 1.90. The van der Waals surface area contributed by atoms with E-state index in [0.29, 0.717) is 5.92 Å². The van der Waals surface area contributed by atoms with Crippen LogP contribution in [0, 0.1) is 5.92 Å². The van der Waals surface area contributed by atoms with Crippen LogP contribution >= 0.6 is 0 Å². The van der Waals surface area contributed by atoms with E-state index in [4.69, 9.17) is 4.74 Å². The van der Waals surface area contributed by atoms with Crippen LogP contribution in [0.5, 0.6) is 0 Å². The molecule has 4 heteroatoms. The predicted molar refractivity (Wildman–Crippen MR) is 57.5 cm³/mol. The van der Waals surface area contributed by atoms with E-state index in [1.165, 1.54) is 0 Å². The van der Waals surface area contributed by atoms with Gasteiger partial charge < -0.3 is 10.1 Å². The Morgan fingerprint density at radius 3 is 2.62 bits per heavy atom. The van der Waals surface area contributed by atoms with Crippen molar-refractivity contribution in [2.75, 3.05) is 38.3 Å². The summed E-state index contributed by atoms with van der Waals surface area (Å²) in [5, 5.41) is 3.17. The Balaban J connectivity index is 2.96. The lowest BCUT2D eigenvalue weighted by Crippen LogP contribution is -2.24. The van der Waals surface area contributed by atoms with Gasteiger partial charge in [-0.05, 0) is 5.92 Å². The SMILES string of the molecule is CC(C)COCCNCCS(C)=O. The molecule has 0 aromatic carbocycles. The second-order valence-electron chi connectivity index (χ2n) is 3.50. The maximum Gasteiger partial charge on any atom is 0.0591 e. The van der Waals surface area contributed by atoms with Crippen LogP contribution in [0.15, 0.2) is 0 Å². The number of hydrogen-bond donors (Lipinski definition) is 1. The van der Waals surface area contributed by atoms with Gasteiger partial charge in [0.2, 0.25) is 0 Å². The second kappa shape index (κ2) is 8.66. The van der Waals surface area contributed by atoms with E-state index in [1.54, 1.807) is 6.26 Å². The lowest BCUT2D eigenvalue weighted by Gasteiger charge is -2.07. The Kier molecular flexibility index (Phi) is 8.71. The van der Waals surface area contributed by atoms with Gasteiger partial charge in [-0.1, -0.05) is 13.8 Å². The van der Waals surface area contributed by atoms with Gasteiger partial charge in [0.15, 0.2) is 0 Å². The van der Waals surface area contributed by atoms with E-state index in [1.807, 2.05) is 0 Å². The Bertz CT molecular complexity index is 140. The van der Waals surface area contributed by atoms with Crippen LogP contribution in [0.1, 0.15) is 13.8 Å². The van der Waals surface area contributed by atoms with E-state index < -0.39 is 10.8 Å². The molecule has 0 aromatic heterocycles. The van der Waals surface area contributed by atoms with Crippen LogP contribution in [0.3, 0.4) is 0 Å². The van der Waals surface area contributed by atoms with Crippen molar-refractivity contribution >= 4 is 10.8 Å². The van der Waals surface area contributed by atoms with Gasteiger partial charge >= 0.3 is 0 Å². The molecule has 0 aliphatic carbocycles. The van der Waals surface area contributed by atoms with E-state index in [2.05, 4.69) is 19.2 Å². The predicted octanol–water partition coefficient (Wildman–Crippen LogP) is 0.627. The minimum atomic E-state index is -0.683. The third-order valence-corrected chi connectivity index (χ3v) is 2.22. The molecule has 1 unspecified atom stereocenters. The summed E-state index contributed by atoms with van der Waals surface area (Å²) in [7, 11) is -0.683. The van der Waals surface area contributed by atoms with Crippen molar-refractivity contribution in [2.24, 2.45) is 5.92 Å². The standard InChI is InChI=1S/C9H21NO2S/c1-9(2)8-12-6-4-10-5-7-13(3)11/h9-10H,4-8H2,1-3H3. The summed E-state index contributed by atoms with van der Waals surface area (Å²) in [6, 6.07) is 0. The third-order valence-electron chi connectivity index (χ3n) is 1.44. The van der Waals surface area contributed by atoms with Crippen LogP contribution in [0.4, 0.5) is 0 Å². The highest BCUT2D eigenvalue weighted by Gasteiger charge is 1.93. The van der Waals surface area contributed by atoms with Crippen LogP contribution in [0.25, 0.3) is 0 Å². The number of nitrogens with one attached hydrogen (secondary N) is 1. The minimum absolute atomic E-state index is 0.600. The first kappa shape index (κ1) is 13.1. The number of ether oxygens (including phenoxy) is 1. The molecule has 1 N–H and O–H groups in total. The van der Waals surface area contributed by atoms with Gasteiger partial charge in [0.05, 0.1) is 6.61 Å². The molecule has 0 fully saturated rings. The molecule has 0 aliphatic heterocycles. The molecule has 3 nitrogen and oxygen atoms in total. The molecule has 0 rings (SSSR count). The summed E-state index contributed by atoms with van der Waals surface area (Å²) in [5.74, 6) is 1.33. The smallest absolute Gasteiger partial charge is 0.0591 e. The maximum atomic E-state index is 10.7. The Hall–Kier alpha value is 0.0700. The fourth-order valence-corrected chi connectivity index (χ4v) is 1.24. The molecular formula is C9H21NO2S. The van der Waals surface area contributed by atoms with Gasteiger partial charge in [-0.3, -0.25) is 4.21 Å². The summed E-state index contributed by atoms with van der Waals surface area (Å²) >= 11 is 0. The lowest BCUT2D eigenvalue weighted by atomic mass is 10.2. The maximum absolute atomic E-state index is 10.7. The van der Waals surface area contributed by atoms with Crippen molar-refractivity contribution in [3.63, 3.8) is 0 Å². The van der Waals surface area contributed by atoms with Crippen molar-refractivity contribution in [3.8, 4) is 0 Å². The van der Waals surface area contributed by atoms with Crippen molar-refractivity contribution in [3.05, 3.63) is 0 Å². The monoisotopic (exact) mass is 207 g/mol. The fourth-order valence-electron chi connectivity index (χ4n) is 0.804. The van der Waals surface area contributed by atoms with Crippen molar-refractivity contribution < 1.29 is 8.95 Å². The fraction of sp³-hybridized carbons (Fsp3) is 1.00. The molecular weight excluding hydrogens is 186 g/mol. The average molecular weight is 207 g/mol. The first-order valence-corrected chi connectivity index (χ1v) is 6.44. The minimum Gasteiger partial charge on any atom is -0.380 e. The summed E-state index contributed by atoms with van der Waals surface area (Å²) < 4.78 is 16.0. The molecule has 0 amide bonds. The van der Waals surface area contributed by atoms with Gasteiger partial charge in [-0.2, -0.15) is 0 Å².